The Hall–Kier alpha value is -9.27. The molecule has 476 valence electrons. The van der Waals surface area contributed by atoms with Gasteiger partial charge in [-0.2, -0.15) is 0 Å². The maximum atomic E-state index is 16.2. The number of hydrogen-bond acceptors (Lipinski definition) is 13. The summed E-state index contributed by atoms with van der Waals surface area (Å²) in [7, 11) is 0. The zero-order chi connectivity index (χ0) is 64.3. The molecule has 5 atom stereocenters. The Morgan fingerprint density at radius 2 is 1.49 bits per heavy atom. The molecule has 3 aliphatic heterocycles. The normalized spacial score (nSPS) is 16.1. The number of nitrogens with two attached hydrogens (primary N) is 2. The lowest BCUT2D eigenvalue weighted by molar-refractivity contribution is -0.360. The molecule has 1 saturated heterocycles. The van der Waals surface area contributed by atoms with E-state index in [4.69, 9.17) is 20.9 Å². The molecular weight excluding hydrogens is 1180 g/mol. The number of amides is 8. The van der Waals surface area contributed by atoms with Gasteiger partial charge in [0.1, 0.15) is 41.8 Å². The quantitative estimate of drug-likeness (QED) is 0.0220. The Kier molecular flexibility index (Phi) is 23.5. The number of aromatic nitrogens is 1. The van der Waals surface area contributed by atoms with Crippen LogP contribution < -0.4 is 52.8 Å². The van der Waals surface area contributed by atoms with Gasteiger partial charge in [-0.15, -0.1) is 11.3 Å². The first kappa shape index (κ1) is 66.7. The number of para-hydroxylation sites is 1. The van der Waals surface area contributed by atoms with Crippen molar-refractivity contribution in [1.82, 2.24) is 41.3 Å². The third-order valence-corrected chi connectivity index (χ3v) is 16.3. The molecule has 11 N–H and O–H groups in total. The minimum absolute atomic E-state index is 0.00149. The molecule has 22 nitrogen and oxygen atoms in total. The molecule has 0 aliphatic carbocycles. The predicted octanol–water partition coefficient (Wildman–Crippen LogP) is 3.77. The first-order valence-corrected chi connectivity index (χ1v) is 30.8. The number of allylic oxidation sites excluding steroid dienone is 2. The predicted molar refractivity (Wildman–Crippen MR) is 337 cm³/mol. The molecule has 0 radical (unpaired) electrons. The Bertz CT molecular complexity index is 3500. The van der Waals surface area contributed by atoms with E-state index in [0.717, 1.165) is 50.0 Å². The van der Waals surface area contributed by atoms with E-state index in [2.05, 4.69) is 55.0 Å². The highest BCUT2D eigenvalue weighted by atomic mass is 32.1. The second kappa shape index (κ2) is 31.8. The first-order chi connectivity index (χ1) is 43.2. The molecule has 26 heteroatoms. The smallest absolute Gasteiger partial charge is 0.490 e. The topological polar surface area (TPSA) is 311 Å². The number of rotatable bonds is 32. The van der Waals surface area contributed by atoms with Crippen LogP contribution in [0.2, 0.25) is 0 Å². The van der Waals surface area contributed by atoms with E-state index in [0.29, 0.717) is 61.0 Å². The highest BCUT2D eigenvalue weighted by Crippen LogP contribution is 2.35. The summed E-state index contributed by atoms with van der Waals surface area (Å²) in [6.07, 6.45) is 9.38. The number of thiophene rings is 1. The lowest BCUT2D eigenvalue weighted by atomic mass is 9.90. The Balaban J connectivity index is 0.686. The zero-order valence-corrected chi connectivity index (χ0v) is 50.9. The Labute approximate surface area is 524 Å². The number of fused-ring (bicyclic) bond motifs is 2. The number of benzene rings is 3. The summed E-state index contributed by atoms with van der Waals surface area (Å²) in [4.78, 5) is 105. The standard InChI is InChI=1S/C64H76BF2N11O11S/c1-41(72-64(87)60(42(2)79)75-58(82)30-35-76-33-28-50(29-34-76)89-54-15-7-6-13-45(54)37-44-11-4-3-5-12-44)62(85)74-52(39-56(68)80)63(86)71-32-27-57(81)73-51(61(69)84)14-8-9-31-70-59(83)40-88-49-24-18-43(19-25-49)17-20-46-21-22-47-38-48-23-26-53(55-16-10-36-90-55)78(48)65(66,67)77(46)47/h3-7,10-13,15-26,36,38,41-42,50-52,60,79H,8-9,14,27-35,37,39-40H2,1-2H3,(H2,68,80)(H2,69,84)(H,70,83)(H,71,86)(H,72,87)(H,73,81)(H,74,85)(H,75,82)/b20-17+/t41-,42+,51-,52-,60-/m0/s1. The molecular formula is C64H76BF2N11O11S. The number of likely N-dealkylation sites (tertiary alicyclic amines) is 1. The number of carbonyl (C=O) groups is 8. The molecule has 0 saturated carbocycles. The summed E-state index contributed by atoms with van der Waals surface area (Å²) >= 11 is 1.40. The van der Waals surface area contributed by atoms with Crippen molar-refractivity contribution < 1.29 is 66.1 Å². The molecule has 5 heterocycles. The average molecular weight is 1260 g/mol. The van der Waals surface area contributed by atoms with Crippen molar-refractivity contribution in [3.8, 4) is 11.5 Å². The number of aliphatic hydroxyl groups is 1. The Morgan fingerprint density at radius 1 is 0.756 bits per heavy atom. The summed E-state index contributed by atoms with van der Waals surface area (Å²) in [5.74, 6) is -4.72. The van der Waals surface area contributed by atoms with Gasteiger partial charge in [0, 0.05) is 81.6 Å². The number of carbonyl (C=O) groups excluding carboxylic acids is 8. The molecule has 2 aromatic heterocycles. The third-order valence-electron chi connectivity index (χ3n) is 15.5. The number of halogens is 2. The number of hydrogen-bond donors (Lipinski definition) is 9. The van der Waals surface area contributed by atoms with Gasteiger partial charge >= 0.3 is 6.97 Å². The van der Waals surface area contributed by atoms with Gasteiger partial charge in [-0.25, -0.2) is 0 Å². The van der Waals surface area contributed by atoms with Crippen LogP contribution in [0.4, 0.5) is 8.63 Å². The monoisotopic (exact) mass is 1260 g/mol. The number of aliphatic hydroxyl groups excluding tert-OH is 1. The fourth-order valence-electron chi connectivity index (χ4n) is 10.6. The van der Waals surface area contributed by atoms with Gasteiger partial charge < -0.3 is 80.4 Å². The van der Waals surface area contributed by atoms with Gasteiger partial charge in [-0.3, -0.25) is 38.4 Å². The van der Waals surface area contributed by atoms with Gasteiger partial charge in [0.05, 0.1) is 17.4 Å². The van der Waals surface area contributed by atoms with E-state index >= 15 is 8.63 Å². The number of nitrogens with zero attached hydrogens (tertiary/aromatic N) is 3. The number of piperidine rings is 1. The van der Waals surface area contributed by atoms with Crippen LogP contribution in [-0.2, 0) is 44.8 Å². The number of nitrogens with one attached hydrogen (secondary N) is 6. The van der Waals surface area contributed by atoms with Crippen molar-refractivity contribution in [2.75, 3.05) is 39.3 Å². The Morgan fingerprint density at radius 3 is 2.20 bits per heavy atom. The van der Waals surface area contributed by atoms with Crippen molar-refractivity contribution in [1.29, 1.82) is 0 Å². The van der Waals surface area contributed by atoms with Crippen LogP contribution in [0.5, 0.6) is 11.5 Å². The van der Waals surface area contributed by atoms with Gasteiger partial charge in [0.25, 0.3) is 5.91 Å². The van der Waals surface area contributed by atoms with Crippen LogP contribution in [0.25, 0.3) is 18.2 Å². The summed E-state index contributed by atoms with van der Waals surface area (Å²) in [6.45, 7) is -0.173. The first-order valence-electron chi connectivity index (χ1n) is 30.0. The van der Waals surface area contributed by atoms with Crippen molar-refractivity contribution in [2.24, 2.45) is 11.5 Å². The molecule has 0 spiro atoms. The molecule has 3 aromatic carbocycles. The van der Waals surface area contributed by atoms with Crippen LogP contribution in [0, 0.1) is 0 Å². The van der Waals surface area contributed by atoms with Gasteiger partial charge in [0.15, 0.2) is 18.0 Å². The van der Waals surface area contributed by atoms with Gasteiger partial charge in [-0.05, 0) is 110 Å². The van der Waals surface area contributed by atoms with E-state index < -0.39 is 90.9 Å². The molecule has 0 bridgehead atoms. The van der Waals surface area contributed by atoms with E-state index in [1.165, 1.54) is 30.7 Å². The van der Waals surface area contributed by atoms with Gasteiger partial charge in [-0.1, -0.05) is 72.8 Å². The number of unbranched alkanes of at least 4 members (excludes halogenated alkanes) is 1. The van der Waals surface area contributed by atoms with Crippen molar-refractivity contribution >= 4 is 89.5 Å². The number of ether oxygens (including phenoxy) is 2. The fraction of sp³-hybridized carbons (Fsp3) is 0.359. The molecule has 0 unspecified atom stereocenters. The molecule has 1 fully saturated rings. The molecule has 5 aromatic rings. The van der Waals surface area contributed by atoms with Crippen LogP contribution >= 0.6 is 11.3 Å². The minimum Gasteiger partial charge on any atom is -0.490 e. The van der Waals surface area contributed by atoms with Crippen molar-refractivity contribution in [3.05, 3.63) is 159 Å². The average Bonchev–Trinajstić information content (AvgIpc) is 1.63. The fourth-order valence-corrected chi connectivity index (χ4v) is 11.4. The molecule has 90 heavy (non-hydrogen) atoms. The van der Waals surface area contributed by atoms with Crippen LogP contribution in [0.1, 0.15) is 98.2 Å². The largest absolute Gasteiger partial charge is 0.737 e. The number of primary amides is 2. The van der Waals surface area contributed by atoms with E-state index in [9.17, 15) is 43.5 Å². The van der Waals surface area contributed by atoms with E-state index in [1.54, 1.807) is 66.8 Å². The second-order valence-corrected chi connectivity index (χ2v) is 23.3. The lowest BCUT2D eigenvalue weighted by Crippen LogP contribution is -2.58. The highest BCUT2D eigenvalue weighted by molar-refractivity contribution is 7.12. The van der Waals surface area contributed by atoms with Crippen molar-refractivity contribution in [2.45, 2.75) is 108 Å². The lowest BCUT2D eigenvalue weighted by Gasteiger charge is -2.32. The van der Waals surface area contributed by atoms with E-state index in [1.807, 2.05) is 53.9 Å². The van der Waals surface area contributed by atoms with Gasteiger partial charge in [0.2, 0.25) is 41.4 Å². The highest BCUT2D eigenvalue weighted by Gasteiger charge is 2.52. The van der Waals surface area contributed by atoms with Crippen LogP contribution in [-0.4, -0.2) is 155 Å². The zero-order valence-electron chi connectivity index (χ0n) is 50.1. The SMILES string of the molecule is C[C@H](NC(=O)[C@@H](NC(=O)CCN1CCC(Oc2ccccc2Cc2ccccc2)CC1)[C@@H](C)O)C(=O)N[C@@H](CC(N)=O)C(=O)NCCC(=O)N[C@@H](CCCCNC(=O)COc1ccc(/C=C/c2ccc3n2[B-](F)(F)[N+]2=C(c4cccs4)C=CC2=C3)cc1)C(N)=O. The summed E-state index contributed by atoms with van der Waals surface area (Å²) < 4.78 is 46.6. The molecule has 8 rings (SSSR count). The molecule has 3 aliphatic rings. The maximum absolute atomic E-state index is 16.2. The summed E-state index contributed by atoms with van der Waals surface area (Å²) in [5, 5.41) is 27.4. The third kappa shape index (κ3) is 18.6. The second-order valence-electron chi connectivity index (χ2n) is 22.3. The van der Waals surface area contributed by atoms with E-state index in [-0.39, 0.29) is 45.1 Å². The van der Waals surface area contributed by atoms with Crippen molar-refractivity contribution in [3.63, 3.8) is 0 Å². The maximum Gasteiger partial charge on any atom is 0.737 e. The minimum atomic E-state index is -4.19. The van der Waals surface area contributed by atoms with Crippen LogP contribution in [0.3, 0.4) is 0 Å². The molecule has 8 amide bonds. The summed E-state index contributed by atoms with van der Waals surface area (Å²) in [5.41, 5.74) is 15.6. The summed E-state index contributed by atoms with van der Waals surface area (Å²) in [6, 6.07) is 26.6. The van der Waals surface area contributed by atoms with Crippen LogP contribution in [0.15, 0.2) is 126 Å².